The highest BCUT2D eigenvalue weighted by Gasteiger charge is 2.16. The minimum Gasteiger partial charge on any atom is -0.316 e. The number of benzene rings is 1. The molecule has 2 rings (SSSR count). The van der Waals surface area contributed by atoms with Crippen molar-refractivity contribution in [2.75, 3.05) is 18.8 Å². The van der Waals surface area contributed by atoms with Crippen molar-refractivity contribution in [3.05, 3.63) is 30.3 Å². The van der Waals surface area contributed by atoms with Crippen LogP contribution < -0.4 is 5.32 Å². The van der Waals surface area contributed by atoms with Gasteiger partial charge in [0.25, 0.3) is 0 Å². The van der Waals surface area contributed by atoms with Crippen LogP contribution in [0, 0.1) is 5.92 Å². The molecule has 2 unspecified atom stereocenters. The molecule has 0 saturated carbocycles. The summed E-state index contributed by atoms with van der Waals surface area (Å²) >= 11 is 0. The number of hydrogen-bond acceptors (Lipinski definition) is 2. The molecule has 1 saturated heterocycles. The maximum Gasteiger partial charge on any atom is 0.0532 e. The van der Waals surface area contributed by atoms with E-state index in [4.69, 9.17) is 0 Å². The third-order valence-corrected chi connectivity index (χ3v) is 4.36. The Hall–Kier alpha value is -0.670. The predicted molar refractivity (Wildman–Crippen MR) is 63.3 cm³/mol. The van der Waals surface area contributed by atoms with E-state index in [-0.39, 0.29) is 0 Å². The molecule has 2 nitrogen and oxygen atoms in total. The molecule has 1 aliphatic rings. The molecule has 1 aromatic carbocycles. The van der Waals surface area contributed by atoms with Gasteiger partial charge in [0.15, 0.2) is 0 Å². The van der Waals surface area contributed by atoms with Gasteiger partial charge in [-0.1, -0.05) is 18.2 Å². The fourth-order valence-electron chi connectivity index (χ4n) is 1.95. The van der Waals surface area contributed by atoms with Crippen molar-refractivity contribution >= 4 is 10.8 Å². The lowest BCUT2D eigenvalue weighted by molar-refractivity contribution is 0.408. The quantitative estimate of drug-likeness (QED) is 0.846. The van der Waals surface area contributed by atoms with Crippen LogP contribution >= 0.6 is 0 Å². The van der Waals surface area contributed by atoms with Crippen molar-refractivity contribution in [2.24, 2.45) is 5.92 Å². The Bertz CT molecular complexity index is 320. The molecule has 1 fully saturated rings. The van der Waals surface area contributed by atoms with E-state index in [0.717, 1.165) is 23.7 Å². The van der Waals surface area contributed by atoms with Gasteiger partial charge >= 0.3 is 0 Å². The van der Waals surface area contributed by atoms with Crippen molar-refractivity contribution in [3.63, 3.8) is 0 Å². The maximum atomic E-state index is 12.0. The van der Waals surface area contributed by atoms with E-state index in [0.29, 0.717) is 5.92 Å². The molecule has 82 valence electrons. The topological polar surface area (TPSA) is 29.1 Å². The van der Waals surface area contributed by atoms with E-state index in [1.54, 1.807) is 0 Å². The summed E-state index contributed by atoms with van der Waals surface area (Å²) in [4.78, 5) is 0.961. The van der Waals surface area contributed by atoms with Gasteiger partial charge in [-0.2, -0.15) is 0 Å². The summed E-state index contributed by atoms with van der Waals surface area (Å²) < 4.78 is 12.0. The summed E-state index contributed by atoms with van der Waals surface area (Å²) in [6, 6.07) is 9.76. The van der Waals surface area contributed by atoms with Gasteiger partial charge in [-0.15, -0.1) is 0 Å². The molecule has 1 aliphatic heterocycles. The molecular formula is C12H17NOS. The van der Waals surface area contributed by atoms with Crippen molar-refractivity contribution < 1.29 is 4.21 Å². The van der Waals surface area contributed by atoms with Crippen LogP contribution in [0.25, 0.3) is 0 Å². The first-order valence-electron chi connectivity index (χ1n) is 5.50. The Morgan fingerprint density at radius 2 is 2.13 bits per heavy atom. The molecule has 1 N–H and O–H groups in total. The number of hydrogen-bond donors (Lipinski definition) is 1. The third-order valence-electron chi connectivity index (χ3n) is 2.79. The molecule has 15 heavy (non-hydrogen) atoms. The molecular weight excluding hydrogens is 206 g/mol. The first kappa shape index (κ1) is 10.8. The van der Waals surface area contributed by atoms with Gasteiger partial charge in [-0.25, -0.2) is 0 Å². The highest BCUT2D eigenvalue weighted by molar-refractivity contribution is 7.85. The fourth-order valence-corrected chi connectivity index (χ4v) is 3.31. The first-order chi connectivity index (χ1) is 7.36. The fraction of sp³-hybridized carbons (Fsp3) is 0.500. The summed E-state index contributed by atoms with van der Waals surface area (Å²) in [5.74, 6) is 1.39. The predicted octanol–water partition coefficient (Wildman–Crippen LogP) is 1.79. The Kier molecular flexibility index (Phi) is 3.92. The minimum atomic E-state index is -0.821. The van der Waals surface area contributed by atoms with Crippen molar-refractivity contribution in [1.29, 1.82) is 0 Å². The van der Waals surface area contributed by atoms with Crippen LogP contribution in [-0.4, -0.2) is 23.1 Å². The van der Waals surface area contributed by atoms with Gasteiger partial charge < -0.3 is 5.32 Å². The average molecular weight is 223 g/mol. The smallest absolute Gasteiger partial charge is 0.0532 e. The van der Waals surface area contributed by atoms with Crippen LogP contribution in [0.4, 0.5) is 0 Å². The molecule has 1 aromatic rings. The van der Waals surface area contributed by atoms with Gasteiger partial charge in [0, 0.05) is 10.6 Å². The second-order valence-electron chi connectivity index (χ2n) is 4.04. The summed E-state index contributed by atoms with van der Waals surface area (Å²) in [6.45, 7) is 2.15. The summed E-state index contributed by atoms with van der Waals surface area (Å²) in [6.07, 6.45) is 2.43. The molecule has 2 atom stereocenters. The first-order valence-corrected chi connectivity index (χ1v) is 6.82. The van der Waals surface area contributed by atoms with Gasteiger partial charge in [-0.05, 0) is 44.0 Å². The Morgan fingerprint density at radius 1 is 1.33 bits per heavy atom. The van der Waals surface area contributed by atoms with E-state index < -0.39 is 10.8 Å². The molecule has 0 aromatic heterocycles. The van der Waals surface area contributed by atoms with Crippen LogP contribution in [0.15, 0.2) is 35.2 Å². The number of rotatable bonds is 3. The summed E-state index contributed by atoms with van der Waals surface area (Å²) in [5, 5.41) is 3.36. The highest BCUT2D eigenvalue weighted by Crippen LogP contribution is 2.15. The molecule has 0 spiro atoms. The normalized spacial score (nSPS) is 23.6. The second kappa shape index (κ2) is 5.42. The van der Waals surface area contributed by atoms with Crippen LogP contribution in [0.5, 0.6) is 0 Å². The molecule has 3 heteroatoms. The van der Waals surface area contributed by atoms with E-state index in [9.17, 15) is 4.21 Å². The van der Waals surface area contributed by atoms with Crippen LogP contribution in [-0.2, 0) is 10.8 Å². The Labute approximate surface area is 93.5 Å². The van der Waals surface area contributed by atoms with Gasteiger partial charge in [0.1, 0.15) is 0 Å². The Morgan fingerprint density at radius 3 is 2.80 bits per heavy atom. The van der Waals surface area contributed by atoms with E-state index in [1.165, 1.54) is 12.8 Å². The van der Waals surface area contributed by atoms with Gasteiger partial charge in [0.2, 0.25) is 0 Å². The van der Waals surface area contributed by atoms with Crippen molar-refractivity contribution in [1.82, 2.24) is 5.32 Å². The number of nitrogens with one attached hydrogen (secondary N) is 1. The molecule has 0 aliphatic carbocycles. The summed E-state index contributed by atoms with van der Waals surface area (Å²) in [5.41, 5.74) is 0. The lowest BCUT2D eigenvalue weighted by Crippen LogP contribution is -2.32. The molecule has 0 bridgehead atoms. The third kappa shape index (κ3) is 3.14. The SMILES string of the molecule is O=S(CC1CCCNC1)c1ccccc1. The van der Waals surface area contributed by atoms with Crippen molar-refractivity contribution in [3.8, 4) is 0 Å². The van der Waals surface area contributed by atoms with Crippen LogP contribution in [0.2, 0.25) is 0 Å². The standard InChI is InChI=1S/C12H17NOS/c14-15(12-6-2-1-3-7-12)10-11-5-4-8-13-9-11/h1-3,6-7,11,13H,4-5,8-10H2. The summed E-state index contributed by atoms with van der Waals surface area (Å²) in [7, 11) is -0.821. The van der Waals surface area contributed by atoms with E-state index >= 15 is 0 Å². The molecule has 0 radical (unpaired) electrons. The van der Waals surface area contributed by atoms with E-state index in [1.807, 2.05) is 30.3 Å². The lowest BCUT2D eigenvalue weighted by Gasteiger charge is -2.22. The minimum absolute atomic E-state index is 0.583. The monoisotopic (exact) mass is 223 g/mol. The zero-order chi connectivity index (χ0) is 10.5. The largest absolute Gasteiger partial charge is 0.316 e. The second-order valence-corrected chi connectivity index (χ2v) is 5.53. The molecule has 1 heterocycles. The van der Waals surface area contributed by atoms with E-state index in [2.05, 4.69) is 5.32 Å². The van der Waals surface area contributed by atoms with Gasteiger partial charge in [0.05, 0.1) is 10.8 Å². The Balaban J connectivity index is 1.91. The van der Waals surface area contributed by atoms with Crippen LogP contribution in [0.1, 0.15) is 12.8 Å². The molecule has 0 amide bonds. The number of piperidine rings is 1. The zero-order valence-corrected chi connectivity index (χ0v) is 9.63. The average Bonchev–Trinajstić information content (AvgIpc) is 2.31. The van der Waals surface area contributed by atoms with Crippen LogP contribution in [0.3, 0.4) is 0 Å². The lowest BCUT2D eigenvalue weighted by atomic mass is 10.0. The zero-order valence-electron chi connectivity index (χ0n) is 8.82. The highest BCUT2D eigenvalue weighted by atomic mass is 32.2. The van der Waals surface area contributed by atoms with Gasteiger partial charge in [-0.3, -0.25) is 4.21 Å². The van der Waals surface area contributed by atoms with Crippen molar-refractivity contribution in [2.45, 2.75) is 17.7 Å². The maximum absolute atomic E-state index is 12.0.